The first kappa shape index (κ1) is 35.4. The molecule has 8 rings (SSSR count). The highest BCUT2D eigenvalue weighted by Gasteiger charge is 2.45. The van der Waals surface area contributed by atoms with E-state index in [0.29, 0.717) is 16.9 Å². The second kappa shape index (κ2) is 15.0. The number of nitrogens with one attached hydrogen (secondary N) is 3. The van der Waals surface area contributed by atoms with Crippen molar-refractivity contribution in [2.45, 2.75) is 63.1 Å². The average molecular weight is 752 g/mol. The lowest BCUT2D eigenvalue weighted by molar-refractivity contribution is -0.136. The normalized spacial score (nSPS) is 21.7. The SMILES string of the molecule is O=C1CCC(N2C(=O)c3ccc(N4CCN(Cc5ccc(CC(=O)Nc6cc([C@H]7CC[C@@H](Oc8ccc(Cl)nn8)C7)[nH]n6)cc5)CC4)cc3C2=O)C(=O)N1. The van der Waals surface area contributed by atoms with Crippen LogP contribution in [0.15, 0.2) is 60.7 Å². The standard InChI is InChI=1S/C38H38ClN9O6/c39-31-10-12-35(45-43-31)54-26-7-5-24(18-26)29-20-32(44-42-29)40-34(50)17-22-1-3-23(4-2-22)21-46-13-15-47(16-14-46)25-6-8-27-28(19-25)38(53)48(37(27)52)30-9-11-33(49)41-36(30)51/h1-4,6,8,10,12,19-20,24,26,30H,5,7,9,11,13-18,21H2,(H,41,49,51)(H2,40,42,44,50)/t24-,26+,30?/m0/s1. The number of fused-ring (bicyclic) bond motifs is 1. The van der Waals surface area contributed by atoms with Gasteiger partial charge in [-0.3, -0.25) is 44.2 Å². The maximum absolute atomic E-state index is 13.3. The number of aromatic nitrogens is 4. The van der Waals surface area contributed by atoms with Crippen molar-refractivity contribution >= 4 is 52.6 Å². The van der Waals surface area contributed by atoms with Gasteiger partial charge in [-0.1, -0.05) is 35.9 Å². The molecule has 278 valence electrons. The van der Waals surface area contributed by atoms with E-state index >= 15 is 0 Å². The van der Waals surface area contributed by atoms with Crippen LogP contribution in [0.3, 0.4) is 0 Å². The molecule has 0 radical (unpaired) electrons. The number of anilines is 2. The quantitative estimate of drug-likeness (QED) is 0.202. The Bertz CT molecular complexity index is 2100. The van der Waals surface area contributed by atoms with Crippen LogP contribution >= 0.6 is 11.6 Å². The van der Waals surface area contributed by atoms with E-state index in [0.717, 1.165) is 79.4 Å². The third kappa shape index (κ3) is 7.54. The number of rotatable bonds is 10. The van der Waals surface area contributed by atoms with E-state index in [2.05, 4.69) is 40.8 Å². The number of hydrogen-bond donors (Lipinski definition) is 3. The van der Waals surface area contributed by atoms with Gasteiger partial charge in [0.05, 0.1) is 17.5 Å². The number of imide groups is 2. The molecular formula is C38H38ClN9O6. The molecule has 3 fully saturated rings. The van der Waals surface area contributed by atoms with Crippen LogP contribution in [0.25, 0.3) is 0 Å². The van der Waals surface area contributed by atoms with Gasteiger partial charge in [-0.05, 0) is 61.1 Å². The number of carbonyl (C=O) groups is 5. The number of piperazine rings is 1. The Morgan fingerprint density at radius 1 is 0.870 bits per heavy atom. The van der Waals surface area contributed by atoms with E-state index < -0.39 is 29.7 Å². The first-order valence-electron chi connectivity index (χ1n) is 18.1. The average Bonchev–Trinajstić information content (AvgIpc) is 3.89. The van der Waals surface area contributed by atoms with E-state index in [1.54, 1.807) is 24.3 Å². The van der Waals surface area contributed by atoms with Crippen LogP contribution in [0.5, 0.6) is 5.88 Å². The molecule has 0 bridgehead atoms. The van der Waals surface area contributed by atoms with Crippen molar-refractivity contribution in [1.29, 1.82) is 0 Å². The second-order valence-electron chi connectivity index (χ2n) is 14.1. The largest absolute Gasteiger partial charge is 0.473 e. The number of halogens is 1. The molecule has 2 aromatic carbocycles. The molecule has 5 heterocycles. The smallest absolute Gasteiger partial charge is 0.262 e. The first-order valence-corrected chi connectivity index (χ1v) is 18.5. The molecule has 1 aliphatic carbocycles. The molecule has 54 heavy (non-hydrogen) atoms. The lowest BCUT2D eigenvalue weighted by atomic mass is 10.0. The van der Waals surface area contributed by atoms with Gasteiger partial charge in [-0.25, -0.2) is 0 Å². The van der Waals surface area contributed by atoms with Crippen molar-refractivity contribution < 1.29 is 28.7 Å². The van der Waals surface area contributed by atoms with Crippen LogP contribution in [-0.4, -0.2) is 98.1 Å². The van der Waals surface area contributed by atoms with Crippen molar-refractivity contribution in [3.63, 3.8) is 0 Å². The molecule has 4 aliphatic rings. The minimum Gasteiger partial charge on any atom is -0.473 e. The molecule has 1 saturated carbocycles. The topological polar surface area (TPSA) is 183 Å². The maximum Gasteiger partial charge on any atom is 0.262 e. The number of piperidine rings is 1. The highest BCUT2D eigenvalue weighted by Crippen LogP contribution is 2.36. The monoisotopic (exact) mass is 751 g/mol. The van der Waals surface area contributed by atoms with Gasteiger partial charge in [-0.2, -0.15) is 5.10 Å². The van der Waals surface area contributed by atoms with E-state index in [4.69, 9.17) is 16.3 Å². The van der Waals surface area contributed by atoms with Gasteiger partial charge in [0.25, 0.3) is 11.8 Å². The van der Waals surface area contributed by atoms with Crippen LogP contribution in [0, 0.1) is 0 Å². The van der Waals surface area contributed by atoms with Crippen molar-refractivity contribution in [1.82, 2.24) is 35.5 Å². The molecule has 15 nitrogen and oxygen atoms in total. The number of nitrogens with zero attached hydrogens (tertiary/aromatic N) is 6. The number of carbonyl (C=O) groups excluding carboxylic acids is 5. The van der Waals surface area contributed by atoms with Crippen molar-refractivity contribution in [2.75, 3.05) is 36.4 Å². The summed E-state index contributed by atoms with van der Waals surface area (Å²) in [6.07, 6.45) is 3.05. The zero-order chi connectivity index (χ0) is 37.3. The molecule has 1 unspecified atom stereocenters. The summed E-state index contributed by atoms with van der Waals surface area (Å²) in [6.45, 7) is 3.83. The molecule has 4 aromatic rings. The third-order valence-corrected chi connectivity index (χ3v) is 10.7. The fraction of sp³-hybridized carbons (Fsp3) is 0.368. The minimum atomic E-state index is -0.986. The lowest BCUT2D eigenvalue weighted by Gasteiger charge is -2.36. The summed E-state index contributed by atoms with van der Waals surface area (Å²) in [7, 11) is 0. The summed E-state index contributed by atoms with van der Waals surface area (Å²) in [5.41, 5.74) is 4.40. The molecule has 2 saturated heterocycles. The fourth-order valence-corrected chi connectivity index (χ4v) is 7.79. The number of H-pyrrole nitrogens is 1. The molecular weight excluding hydrogens is 714 g/mol. The van der Waals surface area contributed by atoms with Crippen LogP contribution in [-0.2, 0) is 27.3 Å². The highest BCUT2D eigenvalue weighted by atomic mass is 35.5. The Morgan fingerprint density at radius 3 is 2.41 bits per heavy atom. The Hall–Kier alpha value is -5.67. The molecule has 3 aliphatic heterocycles. The van der Waals surface area contributed by atoms with E-state index in [-0.39, 0.29) is 48.3 Å². The predicted molar refractivity (Wildman–Crippen MR) is 196 cm³/mol. The summed E-state index contributed by atoms with van der Waals surface area (Å²) < 4.78 is 5.96. The van der Waals surface area contributed by atoms with Gasteiger partial charge in [0.15, 0.2) is 11.0 Å². The number of aromatic amines is 1. The molecule has 3 N–H and O–H groups in total. The van der Waals surface area contributed by atoms with Gasteiger partial charge < -0.3 is 15.0 Å². The zero-order valence-corrected chi connectivity index (χ0v) is 30.1. The van der Waals surface area contributed by atoms with Crippen LogP contribution in [0.4, 0.5) is 11.5 Å². The summed E-state index contributed by atoms with van der Waals surface area (Å²) in [6, 6.07) is 17.5. The molecule has 16 heteroatoms. The Labute approximate surface area is 315 Å². The van der Waals surface area contributed by atoms with E-state index in [1.165, 1.54) is 0 Å². The lowest BCUT2D eigenvalue weighted by Crippen LogP contribution is -2.54. The van der Waals surface area contributed by atoms with Gasteiger partial charge >= 0.3 is 0 Å². The first-order chi connectivity index (χ1) is 26.2. The maximum atomic E-state index is 13.3. The predicted octanol–water partition coefficient (Wildman–Crippen LogP) is 3.47. The van der Waals surface area contributed by atoms with Crippen molar-refractivity contribution in [3.8, 4) is 5.88 Å². The number of amides is 5. The molecule has 5 amide bonds. The van der Waals surface area contributed by atoms with Crippen LogP contribution < -0.4 is 20.3 Å². The van der Waals surface area contributed by atoms with Crippen molar-refractivity contribution in [3.05, 3.63) is 93.8 Å². The van der Waals surface area contributed by atoms with Crippen molar-refractivity contribution in [2.24, 2.45) is 0 Å². The molecule has 0 spiro atoms. The second-order valence-corrected chi connectivity index (χ2v) is 14.5. The highest BCUT2D eigenvalue weighted by molar-refractivity contribution is 6.29. The minimum absolute atomic E-state index is 0.0138. The summed E-state index contributed by atoms with van der Waals surface area (Å²) in [5.74, 6) is -1.00. The van der Waals surface area contributed by atoms with Crippen LogP contribution in [0.2, 0.25) is 5.15 Å². The third-order valence-electron chi connectivity index (χ3n) is 10.5. The Kier molecular flexibility index (Phi) is 9.82. The van der Waals surface area contributed by atoms with Gasteiger partial charge in [0.2, 0.25) is 23.6 Å². The zero-order valence-electron chi connectivity index (χ0n) is 29.3. The number of benzene rings is 2. The van der Waals surface area contributed by atoms with Gasteiger partial charge in [-0.15, -0.1) is 10.2 Å². The molecule has 2 aromatic heterocycles. The summed E-state index contributed by atoms with van der Waals surface area (Å²) in [4.78, 5) is 68.7. The van der Waals surface area contributed by atoms with Gasteiger partial charge in [0, 0.05) is 68.6 Å². The number of hydrogen-bond acceptors (Lipinski definition) is 11. The fourth-order valence-electron chi connectivity index (χ4n) is 7.69. The Balaban J connectivity index is 0.786. The summed E-state index contributed by atoms with van der Waals surface area (Å²) in [5, 5.41) is 20.6. The van der Waals surface area contributed by atoms with Crippen LogP contribution in [0.1, 0.15) is 75.6 Å². The van der Waals surface area contributed by atoms with E-state index in [9.17, 15) is 24.0 Å². The van der Waals surface area contributed by atoms with Gasteiger partial charge in [0.1, 0.15) is 12.1 Å². The number of ether oxygens (including phenoxy) is 1. The molecule has 3 atom stereocenters. The van der Waals surface area contributed by atoms with E-state index in [1.807, 2.05) is 36.4 Å². The summed E-state index contributed by atoms with van der Waals surface area (Å²) >= 11 is 5.81. The Morgan fingerprint density at radius 2 is 1.65 bits per heavy atom.